The smallest absolute Gasteiger partial charge is 0.262 e. The number of sulfonamides is 1. The van der Waals surface area contributed by atoms with Gasteiger partial charge in [-0.25, -0.2) is 18.4 Å². The van der Waals surface area contributed by atoms with Crippen LogP contribution in [0.4, 0.5) is 0 Å². The van der Waals surface area contributed by atoms with Crippen molar-refractivity contribution in [3.05, 3.63) is 53.5 Å². The number of amides is 1. The number of aromatic nitrogens is 4. The van der Waals surface area contributed by atoms with E-state index in [2.05, 4.69) is 9.97 Å². The number of hydrogen-bond acceptors (Lipinski definition) is 6. The number of benzene rings is 1. The van der Waals surface area contributed by atoms with Gasteiger partial charge in [-0.3, -0.25) is 14.2 Å². The van der Waals surface area contributed by atoms with E-state index in [1.807, 2.05) is 0 Å². The normalized spacial score (nSPS) is 16.0. The van der Waals surface area contributed by atoms with Crippen LogP contribution in [0.25, 0.3) is 10.9 Å². The van der Waals surface area contributed by atoms with Crippen LogP contribution in [-0.4, -0.2) is 68.8 Å². The van der Waals surface area contributed by atoms with Gasteiger partial charge in [0.05, 0.1) is 23.6 Å². The van der Waals surface area contributed by atoms with E-state index in [0.717, 1.165) is 0 Å². The molecule has 0 unspecified atom stereocenters. The summed E-state index contributed by atoms with van der Waals surface area (Å²) >= 11 is 0. The summed E-state index contributed by atoms with van der Waals surface area (Å²) in [6, 6.07) is 6.97. The van der Waals surface area contributed by atoms with Gasteiger partial charge in [0.25, 0.3) is 15.6 Å². The molecule has 0 saturated carbocycles. The number of rotatable bonds is 4. The van der Waals surface area contributed by atoms with Gasteiger partial charge >= 0.3 is 0 Å². The van der Waals surface area contributed by atoms with Gasteiger partial charge in [-0.1, -0.05) is 12.1 Å². The highest BCUT2D eigenvalue weighted by molar-refractivity contribution is 7.89. The molecule has 158 valence electrons. The molecule has 11 heteroatoms. The van der Waals surface area contributed by atoms with Crippen molar-refractivity contribution >= 4 is 26.8 Å². The maximum Gasteiger partial charge on any atom is 0.262 e. The summed E-state index contributed by atoms with van der Waals surface area (Å²) in [5, 5.41) is 0.454. The maximum atomic E-state index is 12.8. The molecule has 4 rings (SSSR count). The second-order valence-corrected chi connectivity index (χ2v) is 9.10. The molecule has 10 nitrogen and oxygen atoms in total. The highest BCUT2D eigenvalue weighted by Crippen LogP contribution is 2.16. The zero-order valence-electron chi connectivity index (χ0n) is 16.5. The number of para-hydroxylation sites is 1. The summed E-state index contributed by atoms with van der Waals surface area (Å²) in [5.41, 5.74) is 0.305. The van der Waals surface area contributed by atoms with Gasteiger partial charge in [0.1, 0.15) is 6.54 Å². The zero-order chi connectivity index (χ0) is 21.3. The quantitative estimate of drug-likeness (QED) is 0.579. The lowest BCUT2D eigenvalue weighted by Gasteiger charge is -2.21. The Morgan fingerprint density at radius 2 is 1.87 bits per heavy atom. The van der Waals surface area contributed by atoms with E-state index < -0.39 is 10.0 Å². The zero-order valence-corrected chi connectivity index (χ0v) is 17.3. The lowest BCUT2D eigenvalue weighted by atomic mass is 10.2. The van der Waals surface area contributed by atoms with Gasteiger partial charge in [0, 0.05) is 39.4 Å². The van der Waals surface area contributed by atoms with Crippen molar-refractivity contribution in [1.82, 2.24) is 28.3 Å². The first-order valence-electron chi connectivity index (χ1n) is 9.56. The number of nitrogens with zero attached hydrogens (tertiary/aromatic N) is 6. The Balaban J connectivity index is 1.46. The summed E-state index contributed by atoms with van der Waals surface area (Å²) < 4.78 is 29.8. The lowest BCUT2D eigenvalue weighted by Crippen LogP contribution is -2.40. The lowest BCUT2D eigenvalue weighted by molar-refractivity contribution is -0.131. The second kappa shape index (κ2) is 8.00. The van der Waals surface area contributed by atoms with Crippen LogP contribution >= 0.6 is 0 Å². The van der Waals surface area contributed by atoms with Gasteiger partial charge in [0.2, 0.25) is 5.91 Å². The Hall–Kier alpha value is -3.05. The standard InChI is InChI=1S/C19H22N6O4S/c1-22-11-17(21-13-22)30(28,29)25-8-4-7-23(9-10-25)18(26)12-24-14-20-16-6-3-2-5-15(16)19(24)27/h2-3,5-6,11,13-14H,4,7-10,12H2,1H3. The topological polar surface area (TPSA) is 110 Å². The third-order valence-electron chi connectivity index (χ3n) is 5.13. The van der Waals surface area contributed by atoms with E-state index in [1.54, 1.807) is 40.8 Å². The van der Waals surface area contributed by atoms with Crippen LogP contribution in [0.1, 0.15) is 6.42 Å². The van der Waals surface area contributed by atoms with E-state index in [-0.39, 0.29) is 36.1 Å². The largest absolute Gasteiger partial charge is 0.340 e. The average Bonchev–Trinajstić information content (AvgIpc) is 3.02. The number of fused-ring (bicyclic) bond motifs is 1. The molecule has 3 aromatic rings. The molecule has 0 N–H and O–H groups in total. The number of aryl methyl sites for hydroxylation is 1. The number of hydrogen-bond donors (Lipinski definition) is 0. The molecule has 1 saturated heterocycles. The first kappa shape index (κ1) is 20.2. The molecule has 0 bridgehead atoms. The molecule has 3 heterocycles. The van der Waals surface area contributed by atoms with Gasteiger partial charge < -0.3 is 9.47 Å². The third-order valence-corrected chi connectivity index (χ3v) is 6.91. The number of carbonyl (C=O) groups excluding carboxylic acids is 1. The van der Waals surface area contributed by atoms with Crippen LogP contribution < -0.4 is 5.56 Å². The Labute approximate surface area is 173 Å². The second-order valence-electron chi connectivity index (χ2n) is 7.21. The highest BCUT2D eigenvalue weighted by Gasteiger charge is 2.29. The molecular weight excluding hydrogens is 408 g/mol. The Morgan fingerprint density at radius 1 is 1.07 bits per heavy atom. The molecule has 1 fully saturated rings. The molecule has 1 aromatic carbocycles. The molecule has 0 spiro atoms. The fourth-order valence-corrected chi connectivity index (χ4v) is 4.94. The molecular formula is C19H22N6O4S. The van der Waals surface area contributed by atoms with Crippen LogP contribution in [0.5, 0.6) is 0 Å². The van der Waals surface area contributed by atoms with E-state index in [1.165, 1.54) is 27.7 Å². The first-order chi connectivity index (χ1) is 14.4. The summed E-state index contributed by atoms with van der Waals surface area (Å²) in [6.45, 7) is 1.02. The van der Waals surface area contributed by atoms with E-state index in [0.29, 0.717) is 30.4 Å². The predicted molar refractivity (Wildman–Crippen MR) is 109 cm³/mol. The Kier molecular flexibility index (Phi) is 5.39. The molecule has 0 atom stereocenters. The fraction of sp³-hybridized carbons (Fsp3) is 0.368. The SMILES string of the molecule is Cn1cnc(S(=O)(=O)N2CCCN(C(=O)Cn3cnc4ccccc4c3=O)CC2)c1. The van der Waals surface area contributed by atoms with Crippen molar-refractivity contribution in [2.24, 2.45) is 7.05 Å². The van der Waals surface area contributed by atoms with Gasteiger partial charge in [-0.05, 0) is 18.6 Å². The van der Waals surface area contributed by atoms with Crippen molar-refractivity contribution in [3.8, 4) is 0 Å². The summed E-state index contributed by atoms with van der Waals surface area (Å²) in [6.07, 6.45) is 4.78. The number of imidazole rings is 1. The molecule has 0 aliphatic carbocycles. The van der Waals surface area contributed by atoms with Crippen molar-refractivity contribution in [2.75, 3.05) is 26.2 Å². The molecule has 2 aromatic heterocycles. The number of carbonyl (C=O) groups is 1. The van der Waals surface area contributed by atoms with Gasteiger partial charge in [-0.2, -0.15) is 4.31 Å². The molecule has 1 aliphatic heterocycles. The van der Waals surface area contributed by atoms with E-state index >= 15 is 0 Å². The highest BCUT2D eigenvalue weighted by atomic mass is 32.2. The fourth-order valence-electron chi connectivity index (χ4n) is 3.50. The summed E-state index contributed by atoms with van der Waals surface area (Å²) in [7, 11) is -2.00. The van der Waals surface area contributed by atoms with Crippen LogP contribution in [0.15, 0.2) is 52.9 Å². The van der Waals surface area contributed by atoms with E-state index in [4.69, 9.17) is 0 Å². The first-order valence-corrected chi connectivity index (χ1v) is 11.0. The Bertz CT molecular complexity index is 1250. The predicted octanol–water partition coefficient (Wildman–Crippen LogP) is 0.0532. The average molecular weight is 430 g/mol. The van der Waals surface area contributed by atoms with E-state index in [9.17, 15) is 18.0 Å². The van der Waals surface area contributed by atoms with Gasteiger partial charge in [-0.15, -0.1) is 0 Å². The van der Waals surface area contributed by atoms with Crippen LogP contribution in [-0.2, 0) is 28.4 Å². The van der Waals surface area contributed by atoms with Gasteiger partial charge in [0.15, 0.2) is 5.03 Å². The summed E-state index contributed by atoms with van der Waals surface area (Å²) in [5.74, 6) is -0.244. The van der Waals surface area contributed by atoms with Crippen LogP contribution in [0.2, 0.25) is 0 Å². The van der Waals surface area contributed by atoms with Crippen molar-refractivity contribution < 1.29 is 13.2 Å². The maximum absolute atomic E-state index is 12.8. The molecule has 1 aliphatic rings. The molecule has 0 radical (unpaired) electrons. The minimum Gasteiger partial charge on any atom is -0.340 e. The van der Waals surface area contributed by atoms with Crippen LogP contribution in [0.3, 0.4) is 0 Å². The Morgan fingerprint density at radius 3 is 2.63 bits per heavy atom. The van der Waals surface area contributed by atoms with Crippen LogP contribution in [0, 0.1) is 0 Å². The third kappa shape index (κ3) is 3.85. The molecule has 30 heavy (non-hydrogen) atoms. The van der Waals surface area contributed by atoms with Crippen molar-refractivity contribution in [1.29, 1.82) is 0 Å². The monoisotopic (exact) mass is 430 g/mol. The minimum absolute atomic E-state index is 0.00133. The van der Waals surface area contributed by atoms with Crippen molar-refractivity contribution in [2.45, 2.75) is 18.0 Å². The van der Waals surface area contributed by atoms with Crippen molar-refractivity contribution in [3.63, 3.8) is 0 Å². The molecule has 1 amide bonds. The minimum atomic E-state index is -3.71. The summed E-state index contributed by atoms with van der Waals surface area (Å²) in [4.78, 5) is 35.2.